The molecule has 0 aliphatic carbocycles. The molecule has 3 aromatic rings. The molecule has 1 saturated heterocycles. The maximum atomic E-state index is 12.5. The smallest absolute Gasteiger partial charge is 0.242 e. The molecule has 0 aromatic carbocycles. The molecule has 4 heterocycles. The Morgan fingerprint density at radius 3 is 2.73 bits per heavy atom. The second-order valence-corrected chi connectivity index (χ2v) is 7.74. The number of fused-ring (bicyclic) bond motifs is 1. The van der Waals surface area contributed by atoms with Crippen LogP contribution in [0, 0.1) is 0 Å². The summed E-state index contributed by atoms with van der Waals surface area (Å²) < 4.78 is 34.7. The van der Waals surface area contributed by atoms with Gasteiger partial charge in [0.25, 0.3) is 0 Å². The van der Waals surface area contributed by atoms with E-state index in [1.54, 1.807) is 22.8 Å². The van der Waals surface area contributed by atoms with Crippen molar-refractivity contribution in [1.29, 1.82) is 0 Å². The highest BCUT2D eigenvalue weighted by Gasteiger charge is 2.17. The van der Waals surface area contributed by atoms with E-state index in [1.807, 2.05) is 24.4 Å². The Balaban J connectivity index is 1.47. The quantitative estimate of drug-likeness (QED) is 0.719. The number of nitrogens with zero attached hydrogens (tertiary/aromatic N) is 4. The van der Waals surface area contributed by atoms with Gasteiger partial charge in [-0.1, -0.05) is 6.07 Å². The van der Waals surface area contributed by atoms with Crippen LogP contribution in [-0.2, 0) is 21.3 Å². The molecule has 8 nitrogen and oxygen atoms in total. The van der Waals surface area contributed by atoms with Gasteiger partial charge in [0, 0.05) is 37.6 Å². The molecule has 4 rings (SSSR count). The summed E-state index contributed by atoms with van der Waals surface area (Å²) in [4.78, 5) is 6.52. The lowest BCUT2D eigenvalue weighted by Crippen LogP contribution is -2.36. The second-order valence-electron chi connectivity index (χ2n) is 5.98. The van der Waals surface area contributed by atoms with Crippen LogP contribution in [-0.4, -0.2) is 49.3 Å². The second kappa shape index (κ2) is 7.02. The van der Waals surface area contributed by atoms with E-state index in [-0.39, 0.29) is 11.4 Å². The zero-order valence-electron chi connectivity index (χ0n) is 14.1. The number of hydrogen-bond donors (Lipinski definition) is 1. The molecule has 0 bridgehead atoms. The van der Waals surface area contributed by atoms with Gasteiger partial charge in [0.1, 0.15) is 10.7 Å². The topological polar surface area (TPSA) is 88.8 Å². The van der Waals surface area contributed by atoms with Crippen LogP contribution < -0.4 is 9.62 Å². The first-order chi connectivity index (χ1) is 12.6. The highest BCUT2D eigenvalue weighted by molar-refractivity contribution is 7.89. The van der Waals surface area contributed by atoms with Gasteiger partial charge in [0.05, 0.1) is 24.9 Å². The van der Waals surface area contributed by atoms with E-state index in [4.69, 9.17) is 4.74 Å². The Bertz CT molecular complexity index is 995. The van der Waals surface area contributed by atoms with E-state index in [2.05, 4.69) is 19.7 Å². The number of anilines is 1. The maximum Gasteiger partial charge on any atom is 0.242 e. The first-order valence-electron chi connectivity index (χ1n) is 8.33. The number of ether oxygens (including phenoxy) is 1. The van der Waals surface area contributed by atoms with Crippen molar-refractivity contribution in [1.82, 2.24) is 19.3 Å². The van der Waals surface area contributed by atoms with Gasteiger partial charge in [0.15, 0.2) is 0 Å². The molecule has 0 spiro atoms. The monoisotopic (exact) mass is 373 g/mol. The van der Waals surface area contributed by atoms with E-state index < -0.39 is 10.0 Å². The Hall–Kier alpha value is -2.49. The van der Waals surface area contributed by atoms with Crippen LogP contribution in [0.15, 0.2) is 53.8 Å². The highest BCUT2D eigenvalue weighted by Crippen LogP contribution is 2.16. The molecule has 1 aliphatic rings. The van der Waals surface area contributed by atoms with Crippen LogP contribution in [0.25, 0.3) is 5.52 Å². The fourth-order valence-corrected chi connectivity index (χ4v) is 3.84. The number of aromatic nitrogens is 3. The molecule has 0 saturated carbocycles. The first-order valence-corrected chi connectivity index (χ1v) is 9.81. The van der Waals surface area contributed by atoms with Gasteiger partial charge >= 0.3 is 0 Å². The number of hydrogen-bond acceptors (Lipinski definition) is 6. The van der Waals surface area contributed by atoms with E-state index in [0.717, 1.165) is 30.0 Å². The lowest BCUT2D eigenvalue weighted by molar-refractivity contribution is 0.122. The van der Waals surface area contributed by atoms with Crippen molar-refractivity contribution in [2.24, 2.45) is 0 Å². The Morgan fingerprint density at radius 1 is 1.12 bits per heavy atom. The molecule has 136 valence electrons. The highest BCUT2D eigenvalue weighted by atomic mass is 32.2. The largest absolute Gasteiger partial charge is 0.378 e. The number of rotatable bonds is 5. The van der Waals surface area contributed by atoms with E-state index in [9.17, 15) is 8.42 Å². The summed E-state index contributed by atoms with van der Waals surface area (Å²) in [6, 6.07) is 8.97. The molecule has 9 heteroatoms. The van der Waals surface area contributed by atoms with Crippen LogP contribution in [0.4, 0.5) is 5.82 Å². The molecule has 1 fully saturated rings. The number of morpholine rings is 1. The number of nitrogens with one attached hydrogen (secondary N) is 1. The Labute approximate surface area is 151 Å². The molecular weight excluding hydrogens is 354 g/mol. The van der Waals surface area contributed by atoms with Crippen molar-refractivity contribution in [2.45, 2.75) is 11.4 Å². The van der Waals surface area contributed by atoms with Crippen molar-refractivity contribution in [3.8, 4) is 0 Å². The minimum absolute atomic E-state index is 0.144. The third kappa shape index (κ3) is 3.41. The lowest BCUT2D eigenvalue weighted by Gasteiger charge is -2.27. The fourth-order valence-electron chi connectivity index (χ4n) is 2.89. The van der Waals surface area contributed by atoms with Crippen molar-refractivity contribution in [3.63, 3.8) is 0 Å². The van der Waals surface area contributed by atoms with Crippen LogP contribution in [0.1, 0.15) is 5.56 Å². The van der Waals surface area contributed by atoms with E-state index >= 15 is 0 Å². The zero-order chi connectivity index (χ0) is 18.0. The maximum absolute atomic E-state index is 12.5. The van der Waals surface area contributed by atoms with Gasteiger partial charge in [-0.2, -0.15) is 5.10 Å². The minimum atomic E-state index is -3.65. The number of sulfonamides is 1. The van der Waals surface area contributed by atoms with Gasteiger partial charge in [-0.25, -0.2) is 22.6 Å². The molecular formula is C17H19N5O3S. The molecule has 1 aliphatic heterocycles. The average Bonchev–Trinajstić information content (AvgIpc) is 3.11. The normalized spacial score (nSPS) is 15.5. The Kier molecular flexibility index (Phi) is 4.58. The summed E-state index contributed by atoms with van der Waals surface area (Å²) in [5.41, 5.74) is 1.68. The number of pyridine rings is 2. The van der Waals surface area contributed by atoms with Crippen LogP contribution in [0.5, 0.6) is 0 Å². The third-order valence-corrected chi connectivity index (χ3v) is 5.71. The van der Waals surface area contributed by atoms with E-state index in [0.29, 0.717) is 13.2 Å². The van der Waals surface area contributed by atoms with Crippen molar-refractivity contribution in [2.75, 3.05) is 31.2 Å². The SMILES string of the molecule is O=S(=O)(NCc1cnn2ccccc12)c1ccc(N2CCOCC2)nc1. The zero-order valence-corrected chi connectivity index (χ0v) is 14.9. The summed E-state index contributed by atoms with van der Waals surface area (Å²) in [6.45, 7) is 2.99. The summed E-state index contributed by atoms with van der Waals surface area (Å²) in [5.74, 6) is 0.759. The lowest BCUT2D eigenvalue weighted by atomic mass is 10.3. The summed E-state index contributed by atoms with van der Waals surface area (Å²) >= 11 is 0. The van der Waals surface area contributed by atoms with Gasteiger partial charge < -0.3 is 9.64 Å². The summed E-state index contributed by atoms with van der Waals surface area (Å²) in [7, 11) is -3.65. The molecule has 3 aromatic heterocycles. The fraction of sp³-hybridized carbons (Fsp3) is 0.294. The van der Waals surface area contributed by atoms with Crippen LogP contribution in [0.3, 0.4) is 0 Å². The third-order valence-electron chi connectivity index (χ3n) is 4.33. The summed E-state index contributed by atoms with van der Waals surface area (Å²) in [6.07, 6.45) is 4.88. The standard InChI is InChI=1S/C17H19N5O3S/c23-26(24,20-12-14-11-19-22-6-2-1-3-16(14)22)15-4-5-17(18-13-15)21-7-9-25-10-8-21/h1-6,11,13,20H,7-10,12H2. The Morgan fingerprint density at radius 2 is 1.96 bits per heavy atom. The van der Waals surface area contributed by atoms with Crippen LogP contribution in [0.2, 0.25) is 0 Å². The first kappa shape index (κ1) is 17.0. The minimum Gasteiger partial charge on any atom is -0.378 e. The van der Waals surface area contributed by atoms with Crippen molar-refractivity contribution in [3.05, 3.63) is 54.5 Å². The van der Waals surface area contributed by atoms with Crippen molar-refractivity contribution >= 4 is 21.4 Å². The van der Waals surface area contributed by atoms with Gasteiger partial charge in [-0.3, -0.25) is 0 Å². The average molecular weight is 373 g/mol. The predicted molar refractivity (Wildman–Crippen MR) is 96.5 cm³/mol. The van der Waals surface area contributed by atoms with Crippen LogP contribution >= 0.6 is 0 Å². The summed E-state index contributed by atoms with van der Waals surface area (Å²) in [5, 5.41) is 4.21. The van der Waals surface area contributed by atoms with Crippen molar-refractivity contribution < 1.29 is 13.2 Å². The molecule has 0 atom stereocenters. The molecule has 1 N–H and O–H groups in total. The molecule has 26 heavy (non-hydrogen) atoms. The molecule has 0 unspecified atom stereocenters. The van der Waals surface area contributed by atoms with E-state index in [1.165, 1.54) is 6.20 Å². The van der Waals surface area contributed by atoms with Gasteiger partial charge in [-0.05, 0) is 24.3 Å². The predicted octanol–water partition coefficient (Wildman–Crippen LogP) is 1.04. The van der Waals surface area contributed by atoms with Gasteiger partial charge in [-0.15, -0.1) is 0 Å². The molecule has 0 amide bonds. The van der Waals surface area contributed by atoms with Gasteiger partial charge in [0.2, 0.25) is 10.0 Å². The molecule has 0 radical (unpaired) electrons.